The number of hydrogen-bond acceptors (Lipinski definition) is 2. The summed E-state index contributed by atoms with van der Waals surface area (Å²) >= 11 is 1.91. The first-order valence-corrected chi connectivity index (χ1v) is 8.24. The lowest BCUT2D eigenvalue weighted by molar-refractivity contribution is 0.251. The third-order valence-electron chi connectivity index (χ3n) is 4.34. The van der Waals surface area contributed by atoms with Crippen LogP contribution in [0.25, 0.3) is 0 Å². The number of benzene rings is 1. The number of nitrogens with zero attached hydrogens (tertiary/aromatic N) is 1. The van der Waals surface area contributed by atoms with Gasteiger partial charge in [-0.25, -0.2) is 0 Å². The van der Waals surface area contributed by atoms with E-state index in [4.69, 9.17) is 4.99 Å². The quantitative estimate of drug-likeness (QED) is 0.886. The van der Waals surface area contributed by atoms with Gasteiger partial charge in [0, 0.05) is 11.3 Å². The van der Waals surface area contributed by atoms with Crippen molar-refractivity contribution in [3.63, 3.8) is 0 Å². The summed E-state index contributed by atoms with van der Waals surface area (Å²) in [6, 6.07) is 10.5. The molecule has 1 heterocycles. The van der Waals surface area contributed by atoms with Crippen LogP contribution in [0.15, 0.2) is 35.3 Å². The van der Waals surface area contributed by atoms with Crippen LogP contribution < -0.4 is 5.32 Å². The van der Waals surface area contributed by atoms with Gasteiger partial charge in [-0.05, 0) is 37.2 Å². The van der Waals surface area contributed by atoms with Crippen LogP contribution in [0.4, 0.5) is 0 Å². The number of thioether (sulfide) groups is 1. The first-order valence-electron chi connectivity index (χ1n) is 7.25. The Bertz CT molecular complexity index is 447. The fourth-order valence-electron chi connectivity index (χ4n) is 2.92. The standard InChI is InChI=1S/C16H22N2S/c1-13-7-9-16(10-8-13)12-19-15(18-16)17-11-14-5-3-2-4-6-14/h2-6,13H,7-12H2,1H3,(H,17,18). The van der Waals surface area contributed by atoms with Gasteiger partial charge in [0.1, 0.15) is 0 Å². The van der Waals surface area contributed by atoms with Crippen molar-refractivity contribution >= 4 is 16.9 Å². The van der Waals surface area contributed by atoms with Gasteiger partial charge in [-0.15, -0.1) is 0 Å². The molecule has 0 aromatic heterocycles. The predicted molar refractivity (Wildman–Crippen MR) is 83.5 cm³/mol. The second-order valence-corrected chi connectivity index (χ2v) is 6.95. The van der Waals surface area contributed by atoms with E-state index in [2.05, 4.69) is 42.6 Å². The maximum atomic E-state index is 4.73. The zero-order valence-corrected chi connectivity index (χ0v) is 12.4. The van der Waals surface area contributed by atoms with Crippen molar-refractivity contribution in [2.75, 3.05) is 5.75 Å². The Labute approximate surface area is 120 Å². The first-order chi connectivity index (χ1) is 9.26. The lowest BCUT2D eigenvalue weighted by Crippen LogP contribution is -2.46. The highest BCUT2D eigenvalue weighted by atomic mass is 32.2. The summed E-state index contributed by atoms with van der Waals surface area (Å²) in [7, 11) is 0. The molecule has 2 fully saturated rings. The molecule has 1 N–H and O–H groups in total. The number of rotatable bonds is 2. The van der Waals surface area contributed by atoms with Crippen LogP contribution in [0.2, 0.25) is 0 Å². The minimum atomic E-state index is 0.354. The Morgan fingerprint density at radius 2 is 2.00 bits per heavy atom. The molecule has 3 rings (SSSR count). The molecule has 0 unspecified atom stereocenters. The van der Waals surface area contributed by atoms with Crippen LogP contribution in [-0.4, -0.2) is 16.5 Å². The smallest absolute Gasteiger partial charge is 0.157 e. The molecule has 3 heteroatoms. The molecular formula is C16H22N2S. The van der Waals surface area contributed by atoms with Gasteiger partial charge < -0.3 is 5.32 Å². The second kappa shape index (κ2) is 5.58. The number of nitrogens with one attached hydrogen (secondary N) is 1. The summed E-state index contributed by atoms with van der Waals surface area (Å²) in [6.07, 6.45) is 5.34. The fraction of sp³-hybridized carbons (Fsp3) is 0.562. The molecule has 1 saturated carbocycles. The summed E-state index contributed by atoms with van der Waals surface area (Å²) in [5.74, 6) is 2.11. The maximum absolute atomic E-state index is 4.73. The van der Waals surface area contributed by atoms with Gasteiger partial charge in [0.2, 0.25) is 0 Å². The van der Waals surface area contributed by atoms with Crippen molar-refractivity contribution in [2.45, 2.75) is 44.7 Å². The van der Waals surface area contributed by atoms with E-state index in [1.54, 1.807) is 0 Å². The minimum Gasteiger partial charge on any atom is -0.359 e. The molecule has 0 atom stereocenters. The normalized spacial score (nSPS) is 32.7. The number of amidine groups is 1. The average Bonchev–Trinajstić information content (AvgIpc) is 2.85. The van der Waals surface area contributed by atoms with E-state index < -0.39 is 0 Å². The zero-order valence-electron chi connectivity index (χ0n) is 11.6. The van der Waals surface area contributed by atoms with E-state index in [9.17, 15) is 0 Å². The molecule has 102 valence electrons. The van der Waals surface area contributed by atoms with Crippen LogP contribution in [0.3, 0.4) is 0 Å². The van der Waals surface area contributed by atoms with Crippen molar-refractivity contribution in [1.82, 2.24) is 5.32 Å². The highest BCUT2D eigenvalue weighted by Gasteiger charge is 2.39. The molecule has 1 spiro atoms. The Kier molecular flexibility index (Phi) is 3.83. The lowest BCUT2D eigenvalue weighted by Gasteiger charge is -2.35. The van der Waals surface area contributed by atoms with Crippen LogP contribution in [-0.2, 0) is 6.54 Å². The topological polar surface area (TPSA) is 24.4 Å². The van der Waals surface area contributed by atoms with Gasteiger partial charge in [-0.3, -0.25) is 4.99 Å². The molecule has 1 saturated heterocycles. The molecule has 19 heavy (non-hydrogen) atoms. The third-order valence-corrected chi connectivity index (χ3v) is 5.54. The highest BCUT2D eigenvalue weighted by Crippen LogP contribution is 2.38. The van der Waals surface area contributed by atoms with Gasteiger partial charge >= 0.3 is 0 Å². The second-order valence-electron chi connectivity index (χ2n) is 5.98. The average molecular weight is 274 g/mol. The van der Waals surface area contributed by atoms with E-state index in [0.29, 0.717) is 5.54 Å². The van der Waals surface area contributed by atoms with Crippen LogP contribution >= 0.6 is 11.8 Å². The molecule has 1 aliphatic carbocycles. The Hall–Kier alpha value is -0.960. The van der Waals surface area contributed by atoms with Gasteiger partial charge in [0.25, 0.3) is 0 Å². The van der Waals surface area contributed by atoms with Crippen LogP contribution in [0.1, 0.15) is 38.2 Å². The number of hydrogen-bond donors (Lipinski definition) is 1. The summed E-state index contributed by atoms with van der Waals surface area (Å²) in [4.78, 5) is 4.73. The van der Waals surface area contributed by atoms with E-state index in [0.717, 1.165) is 17.6 Å². The first kappa shape index (κ1) is 13.0. The number of aliphatic imine (C=N–C) groups is 1. The van der Waals surface area contributed by atoms with Crippen LogP contribution in [0, 0.1) is 5.92 Å². The molecule has 1 aliphatic heterocycles. The van der Waals surface area contributed by atoms with E-state index in [1.165, 1.54) is 37.0 Å². The van der Waals surface area contributed by atoms with Crippen LogP contribution in [0.5, 0.6) is 0 Å². The summed E-state index contributed by atoms with van der Waals surface area (Å²) in [6.45, 7) is 3.17. The van der Waals surface area contributed by atoms with E-state index in [-0.39, 0.29) is 0 Å². The van der Waals surface area contributed by atoms with Crippen molar-refractivity contribution in [3.8, 4) is 0 Å². The molecule has 0 radical (unpaired) electrons. The van der Waals surface area contributed by atoms with Gasteiger partial charge in [-0.1, -0.05) is 49.0 Å². The minimum absolute atomic E-state index is 0.354. The van der Waals surface area contributed by atoms with Crippen molar-refractivity contribution in [1.29, 1.82) is 0 Å². The SMILES string of the molecule is CC1CCC2(CC1)CSC(=NCc1ccccc1)N2. The largest absolute Gasteiger partial charge is 0.359 e. The monoisotopic (exact) mass is 274 g/mol. The Morgan fingerprint density at radius 3 is 2.74 bits per heavy atom. The van der Waals surface area contributed by atoms with E-state index in [1.807, 2.05) is 11.8 Å². The molecule has 2 aliphatic rings. The Morgan fingerprint density at radius 1 is 1.26 bits per heavy atom. The van der Waals surface area contributed by atoms with Crippen molar-refractivity contribution in [2.24, 2.45) is 10.9 Å². The molecule has 1 aromatic carbocycles. The van der Waals surface area contributed by atoms with Crippen molar-refractivity contribution < 1.29 is 0 Å². The maximum Gasteiger partial charge on any atom is 0.157 e. The molecule has 0 amide bonds. The molecular weight excluding hydrogens is 252 g/mol. The summed E-state index contributed by atoms with van der Waals surface area (Å²) < 4.78 is 0. The fourth-order valence-corrected chi connectivity index (χ4v) is 4.14. The lowest BCUT2D eigenvalue weighted by atomic mass is 9.78. The zero-order chi connectivity index (χ0) is 13.1. The third kappa shape index (κ3) is 3.14. The van der Waals surface area contributed by atoms with Gasteiger partial charge in [-0.2, -0.15) is 0 Å². The highest BCUT2D eigenvalue weighted by molar-refractivity contribution is 8.14. The van der Waals surface area contributed by atoms with Crippen molar-refractivity contribution in [3.05, 3.63) is 35.9 Å². The summed E-state index contributed by atoms with van der Waals surface area (Å²) in [5.41, 5.74) is 1.64. The van der Waals surface area contributed by atoms with Gasteiger partial charge in [0.15, 0.2) is 5.17 Å². The van der Waals surface area contributed by atoms with Gasteiger partial charge in [0.05, 0.1) is 6.54 Å². The van der Waals surface area contributed by atoms with E-state index >= 15 is 0 Å². The molecule has 2 nitrogen and oxygen atoms in total. The summed E-state index contributed by atoms with van der Waals surface area (Å²) in [5, 5.41) is 4.86. The molecule has 1 aromatic rings. The molecule has 0 bridgehead atoms. The predicted octanol–water partition coefficient (Wildman–Crippen LogP) is 3.83. The Balaban J connectivity index is 1.59.